The van der Waals surface area contributed by atoms with Crippen molar-refractivity contribution < 1.29 is 14.4 Å². The zero-order valence-electron chi connectivity index (χ0n) is 12.9. The first-order valence-corrected chi connectivity index (χ1v) is 7.86. The number of carbonyl (C=O) groups is 3. The number of hydrogen-bond donors (Lipinski definition) is 2. The van der Waals surface area contributed by atoms with E-state index < -0.39 is 11.6 Å². The first kappa shape index (κ1) is 14.6. The van der Waals surface area contributed by atoms with Crippen LogP contribution < -0.4 is 10.6 Å². The van der Waals surface area contributed by atoms with Crippen molar-refractivity contribution in [3.63, 3.8) is 0 Å². The van der Waals surface area contributed by atoms with Crippen LogP contribution in [0.1, 0.15) is 23.3 Å². The second-order valence-electron chi connectivity index (χ2n) is 6.17. The van der Waals surface area contributed by atoms with E-state index >= 15 is 0 Å². The first-order chi connectivity index (χ1) is 11.6. The van der Waals surface area contributed by atoms with Gasteiger partial charge in [0.05, 0.1) is 5.52 Å². The van der Waals surface area contributed by atoms with Crippen molar-refractivity contribution in [1.29, 1.82) is 0 Å². The molecule has 1 aromatic carbocycles. The monoisotopic (exact) mass is 324 g/mol. The van der Waals surface area contributed by atoms with E-state index in [2.05, 4.69) is 15.6 Å². The number of nitrogens with one attached hydrogen (secondary N) is 2. The lowest BCUT2D eigenvalue weighted by molar-refractivity contribution is -0.125. The molecule has 2 N–H and O–H groups in total. The average Bonchev–Trinajstić information content (AvgIpc) is 2.87. The molecule has 1 spiro atoms. The van der Waals surface area contributed by atoms with Crippen molar-refractivity contribution in [1.82, 2.24) is 20.5 Å². The number of fused-ring (bicyclic) bond motifs is 1. The number of aromatic nitrogens is 1. The van der Waals surface area contributed by atoms with E-state index in [9.17, 15) is 14.4 Å². The predicted molar refractivity (Wildman–Crippen MR) is 86.3 cm³/mol. The Hall–Kier alpha value is -2.96. The third-order valence-electron chi connectivity index (χ3n) is 4.74. The molecule has 4 rings (SSSR count). The molecule has 7 heteroatoms. The molecule has 2 aliphatic rings. The third kappa shape index (κ3) is 2.29. The van der Waals surface area contributed by atoms with Crippen LogP contribution in [0.15, 0.2) is 36.4 Å². The summed E-state index contributed by atoms with van der Waals surface area (Å²) < 4.78 is 0. The number of hydrogen-bond acceptors (Lipinski definition) is 4. The number of rotatable bonds is 1. The largest absolute Gasteiger partial charge is 0.337 e. The van der Waals surface area contributed by atoms with E-state index in [-0.39, 0.29) is 11.8 Å². The Kier molecular flexibility index (Phi) is 3.23. The Morgan fingerprint density at radius 3 is 2.54 bits per heavy atom. The van der Waals surface area contributed by atoms with Crippen LogP contribution in [0.4, 0.5) is 4.79 Å². The molecule has 3 heterocycles. The molecule has 2 aliphatic heterocycles. The third-order valence-corrected chi connectivity index (χ3v) is 4.74. The van der Waals surface area contributed by atoms with Crippen LogP contribution in [0.2, 0.25) is 0 Å². The summed E-state index contributed by atoms with van der Waals surface area (Å²) in [5, 5.41) is 5.94. The molecular weight excluding hydrogens is 308 g/mol. The molecule has 0 aliphatic carbocycles. The summed E-state index contributed by atoms with van der Waals surface area (Å²) in [6, 6.07) is 10.8. The summed E-state index contributed by atoms with van der Waals surface area (Å²) in [7, 11) is 0. The Labute approximate surface area is 138 Å². The lowest BCUT2D eigenvalue weighted by atomic mass is 9.87. The number of urea groups is 1. The molecule has 0 unspecified atom stereocenters. The van der Waals surface area contributed by atoms with Gasteiger partial charge in [0.15, 0.2) is 0 Å². The van der Waals surface area contributed by atoms with Gasteiger partial charge in [-0.2, -0.15) is 0 Å². The smallest absolute Gasteiger partial charge is 0.322 e. The number of likely N-dealkylation sites (tertiary alicyclic amines) is 1. The highest BCUT2D eigenvalue weighted by Gasteiger charge is 2.48. The van der Waals surface area contributed by atoms with Crippen LogP contribution in [-0.2, 0) is 4.79 Å². The highest BCUT2D eigenvalue weighted by atomic mass is 16.2. The van der Waals surface area contributed by atoms with Gasteiger partial charge in [0.25, 0.3) is 11.8 Å². The number of amides is 4. The van der Waals surface area contributed by atoms with Crippen molar-refractivity contribution in [2.75, 3.05) is 13.1 Å². The number of carbonyl (C=O) groups excluding carboxylic acids is 3. The number of benzene rings is 1. The first-order valence-electron chi connectivity index (χ1n) is 7.86. The highest BCUT2D eigenvalue weighted by molar-refractivity contribution is 6.07. The van der Waals surface area contributed by atoms with E-state index in [0.717, 1.165) is 10.9 Å². The van der Waals surface area contributed by atoms with Gasteiger partial charge in [-0.1, -0.05) is 24.3 Å². The summed E-state index contributed by atoms with van der Waals surface area (Å²) in [6.45, 7) is 0.808. The second kappa shape index (κ2) is 5.30. The summed E-state index contributed by atoms with van der Waals surface area (Å²) in [5.41, 5.74) is 0.300. The van der Waals surface area contributed by atoms with Crippen molar-refractivity contribution in [3.8, 4) is 0 Å². The maximum Gasteiger partial charge on any atom is 0.322 e. The maximum absolute atomic E-state index is 12.7. The van der Waals surface area contributed by atoms with Gasteiger partial charge < -0.3 is 10.2 Å². The number of nitrogens with zero attached hydrogens (tertiary/aromatic N) is 2. The summed E-state index contributed by atoms with van der Waals surface area (Å²) in [5.74, 6) is -0.455. The second-order valence-corrected chi connectivity index (χ2v) is 6.17. The normalized spacial score (nSPS) is 19.4. The van der Waals surface area contributed by atoms with Crippen molar-refractivity contribution in [2.24, 2.45) is 0 Å². The van der Waals surface area contributed by atoms with E-state index in [4.69, 9.17) is 0 Å². The van der Waals surface area contributed by atoms with Gasteiger partial charge in [-0.3, -0.25) is 14.9 Å². The molecule has 0 radical (unpaired) electrons. The van der Waals surface area contributed by atoms with Gasteiger partial charge >= 0.3 is 6.03 Å². The molecule has 0 saturated carbocycles. The quantitative estimate of drug-likeness (QED) is 0.767. The van der Waals surface area contributed by atoms with Crippen LogP contribution in [-0.4, -0.2) is 46.4 Å². The van der Waals surface area contributed by atoms with Crippen molar-refractivity contribution in [3.05, 3.63) is 42.1 Å². The number of pyridine rings is 1. The molecule has 2 saturated heterocycles. The van der Waals surface area contributed by atoms with Crippen LogP contribution in [0.25, 0.3) is 10.9 Å². The molecule has 1 aromatic heterocycles. The van der Waals surface area contributed by atoms with Gasteiger partial charge in [-0.15, -0.1) is 0 Å². The van der Waals surface area contributed by atoms with E-state index in [1.54, 1.807) is 11.0 Å². The Morgan fingerprint density at radius 2 is 1.83 bits per heavy atom. The molecular formula is C17H16N4O3. The molecule has 24 heavy (non-hydrogen) atoms. The molecule has 2 fully saturated rings. The Bertz CT molecular complexity index is 856. The fourth-order valence-electron chi connectivity index (χ4n) is 3.32. The van der Waals surface area contributed by atoms with E-state index in [1.807, 2.05) is 30.3 Å². The Morgan fingerprint density at radius 1 is 1.08 bits per heavy atom. The topological polar surface area (TPSA) is 91.4 Å². The van der Waals surface area contributed by atoms with Gasteiger partial charge in [0.1, 0.15) is 11.2 Å². The number of para-hydroxylation sites is 1. The summed E-state index contributed by atoms with van der Waals surface area (Å²) in [4.78, 5) is 42.1. The van der Waals surface area contributed by atoms with Crippen LogP contribution >= 0.6 is 0 Å². The molecule has 7 nitrogen and oxygen atoms in total. The average molecular weight is 324 g/mol. The van der Waals surface area contributed by atoms with Crippen LogP contribution in [0, 0.1) is 0 Å². The molecule has 0 atom stereocenters. The van der Waals surface area contributed by atoms with Gasteiger partial charge in [0, 0.05) is 18.5 Å². The minimum Gasteiger partial charge on any atom is -0.337 e. The molecule has 2 aromatic rings. The van der Waals surface area contributed by atoms with Gasteiger partial charge in [-0.25, -0.2) is 9.78 Å². The van der Waals surface area contributed by atoms with Crippen molar-refractivity contribution >= 4 is 28.7 Å². The fourth-order valence-corrected chi connectivity index (χ4v) is 3.32. The lowest BCUT2D eigenvalue weighted by Crippen LogP contribution is -2.55. The lowest BCUT2D eigenvalue weighted by Gasteiger charge is -2.36. The number of piperidine rings is 1. The summed E-state index contributed by atoms with van der Waals surface area (Å²) >= 11 is 0. The zero-order chi connectivity index (χ0) is 16.7. The standard InChI is InChI=1S/C17H16N4O3/c22-14(13-6-5-11-3-1-2-4-12(11)18-13)21-9-7-17(8-10-21)15(23)19-16(24)20-17/h1-6H,7-10H2,(H2,19,20,23,24). The highest BCUT2D eigenvalue weighted by Crippen LogP contribution is 2.26. The summed E-state index contributed by atoms with van der Waals surface area (Å²) in [6.07, 6.45) is 0.813. The van der Waals surface area contributed by atoms with E-state index in [0.29, 0.717) is 31.6 Å². The van der Waals surface area contributed by atoms with Gasteiger partial charge in [-0.05, 0) is 25.0 Å². The van der Waals surface area contributed by atoms with Crippen molar-refractivity contribution in [2.45, 2.75) is 18.4 Å². The molecule has 4 amide bonds. The molecule has 122 valence electrons. The predicted octanol–water partition coefficient (Wildman–Crippen LogP) is 1.05. The SMILES string of the molecule is O=C1NC(=O)C2(CCN(C(=O)c3ccc4ccccc4n3)CC2)N1. The minimum absolute atomic E-state index is 0.152. The van der Waals surface area contributed by atoms with E-state index in [1.165, 1.54) is 0 Å². The van der Waals surface area contributed by atoms with Crippen LogP contribution in [0.3, 0.4) is 0 Å². The Balaban J connectivity index is 1.51. The number of imide groups is 1. The minimum atomic E-state index is -0.870. The van der Waals surface area contributed by atoms with Crippen LogP contribution in [0.5, 0.6) is 0 Å². The van der Waals surface area contributed by atoms with Gasteiger partial charge in [0.2, 0.25) is 0 Å². The molecule has 0 bridgehead atoms. The zero-order valence-corrected chi connectivity index (χ0v) is 12.9. The maximum atomic E-state index is 12.7. The fraction of sp³-hybridized carbons (Fsp3) is 0.294.